The molecule has 1 aliphatic rings. The number of halogens is 2. The van der Waals surface area contributed by atoms with Crippen molar-refractivity contribution in [2.45, 2.75) is 26.7 Å². The van der Waals surface area contributed by atoms with Crippen LogP contribution in [0.15, 0.2) is 77.9 Å². The number of hydrogen-bond acceptors (Lipinski definition) is 3. The van der Waals surface area contributed by atoms with Crippen molar-refractivity contribution in [3.63, 3.8) is 0 Å². The molecule has 7 nitrogen and oxygen atoms in total. The van der Waals surface area contributed by atoms with Crippen molar-refractivity contribution < 1.29 is 18.5 Å². The van der Waals surface area contributed by atoms with Crippen LogP contribution in [-0.4, -0.2) is 21.6 Å². The first-order chi connectivity index (χ1) is 17.8. The van der Waals surface area contributed by atoms with Crippen molar-refractivity contribution in [1.82, 2.24) is 9.78 Å². The zero-order valence-electron chi connectivity index (χ0n) is 20.2. The van der Waals surface area contributed by atoms with Gasteiger partial charge in [-0.25, -0.2) is 14.0 Å². The van der Waals surface area contributed by atoms with Gasteiger partial charge in [-0.1, -0.05) is 43.1 Å². The summed E-state index contributed by atoms with van der Waals surface area (Å²) >= 11 is 6.16. The standard InChI is InChI=1S/C28H22ClFN4O3/c1-3-8-21-23(27(36)34(31-21)19-11-6-10-18(29)15-19)24-25(32-14-7-9-17(2)16-32)28(37)33(26(24)35)22-13-5-4-12-20(22)30/h4-7,9-16H,3,8H2,1-2H3/p+1. The lowest BCUT2D eigenvalue weighted by atomic mass is 10.0. The minimum absolute atomic E-state index is 0.0244. The van der Waals surface area contributed by atoms with E-state index in [1.165, 1.54) is 27.4 Å². The minimum atomic E-state index is -0.772. The number of aromatic nitrogens is 3. The fraction of sp³-hybridized carbons (Fsp3) is 0.143. The highest BCUT2D eigenvalue weighted by molar-refractivity contribution is 6.53. The molecular formula is C28H23ClFN4O3+. The Bertz CT molecular complexity index is 1650. The maximum absolute atomic E-state index is 14.8. The number of anilines is 1. The van der Waals surface area contributed by atoms with Crippen LogP contribution in [0.1, 0.15) is 30.2 Å². The summed E-state index contributed by atoms with van der Waals surface area (Å²) in [5.41, 5.74) is 1.07. The highest BCUT2D eigenvalue weighted by atomic mass is 35.5. The molecular weight excluding hydrogens is 495 g/mol. The summed E-state index contributed by atoms with van der Waals surface area (Å²) in [6, 6.07) is 15.9. The molecule has 0 unspecified atom stereocenters. The van der Waals surface area contributed by atoms with Crippen molar-refractivity contribution in [1.29, 1.82) is 0 Å². The van der Waals surface area contributed by atoms with E-state index in [2.05, 4.69) is 5.10 Å². The van der Waals surface area contributed by atoms with Crippen LogP contribution in [-0.2, 0) is 16.0 Å². The van der Waals surface area contributed by atoms with E-state index in [1.807, 2.05) is 19.9 Å². The molecule has 0 saturated carbocycles. The van der Waals surface area contributed by atoms with Gasteiger partial charge in [0.25, 0.3) is 17.2 Å². The lowest BCUT2D eigenvalue weighted by Gasteiger charge is -2.14. The average molecular weight is 518 g/mol. The number of imide groups is 1. The summed E-state index contributed by atoms with van der Waals surface area (Å²) in [4.78, 5) is 42.4. The molecule has 37 heavy (non-hydrogen) atoms. The van der Waals surface area contributed by atoms with E-state index < -0.39 is 23.2 Å². The maximum atomic E-state index is 14.8. The van der Waals surface area contributed by atoms with Gasteiger partial charge in [-0.3, -0.25) is 19.5 Å². The molecule has 0 radical (unpaired) electrons. The number of benzene rings is 2. The summed E-state index contributed by atoms with van der Waals surface area (Å²) in [6.07, 6.45) is 4.42. The fourth-order valence-corrected chi connectivity index (χ4v) is 4.72. The van der Waals surface area contributed by atoms with Gasteiger partial charge in [-0.15, -0.1) is 0 Å². The van der Waals surface area contributed by atoms with Gasteiger partial charge in [0.2, 0.25) is 0 Å². The molecule has 5 rings (SSSR count). The third-order valence-electron chi connectivity index (χ3n) is 6.14. The molecule has 2 amide bonds. The number of carbonyl (C=O) groups is 2. The highest BCUT2D eigenvalue weighted by Gasteiger charge is 2.48. The van der Waals surface area contributed by atoms with Gasteiger partial charge in [0.1, 0.15) is 11.4 Å². The molecule has 0 saturated heterocycles. The monoisotopic (exact) mass is 517 g/mol. The van der Waals surface area contributed by atoms with Crippen LogP contribution >= 0.6 is 11.6 Å². The van der Waals surface area contributed by atoms with Gasteiger partial charge in [0.05, 0.1) is 16.9 Å². The number of rotatable bonds is 6. The summed E-state index contributed by atoms with van der Waals surface area (Å²) in [7, 11) is 0. The number of H-pyrrole nitrogens is 1. The largest absolute Gasteiger partial charge is 0.331 e. The molecule has 4 aromatic rings. The third-order valence-corrected chi connectivity index (χ3v) is 6.38. The predicted molar refractivity (Wildman–Crippen MR) is 139 cm³/mol. The van der Waals surface area contributed by atoms with Crippen LogP contribution in [0.2, 0.25) is 5.02 Å². The van der Waals surface area contributed by atoms with Crippen molar-refractivity contribution >= 4 is 40.4 Å². The van der Waals surface area contributed by atoms with E-state index in [0.29, 0.717) is 29.2 Å². The van der Waals surface area contributed by atoms with Crippen LogP contribution in [0.3, 0.4) is 0 Å². The van der Waals surface area contributed by atoms with Gasteiger partial charge in [-0.2, -0.15) is 4.57 Å². The zero-order valence-corrected chi connectivity index (χ0v) is 20.9. The van der Waals surface area contributed by atoms with Crippen LogP contribution < -0.4 is 15.0 Å². The molecule has 0 fully saturated rings. The van der Waals surface area contributed by atoms with E-state index in [4.69, 9.17) is 11.6 Å². The van der Waals surface area contributed by atoms with E-state index in [9.17, 15) is 18.8 Å². The smallest absolute Gasteiger partial charge is 0.294 e. The molecule has 2 aromatic carbocycles. The molecule has 186 valence electrons. The Morgan fingerprint density at radius 1 is 1.00 bits per heavy atom. The van der Waals surface area contributed by atoms with Gasteiger partial charge in [0.15, 0.2) is 12.4 Å². The highest BCUT2D eigenvalue weighted by Crippen LogP contribution is 2.34. The fourth-order valence-electron chi connectivity index (χ4n) is 4.54. The first-order valence-corrected chi connectivity index (χ1v) is 12.2. The number of para-hydroxylation sites is 1. The summed E-state index contributed by atoms with van der Waals surface area (Å²) in [5, 5.41) is 3.54. The van der Waals surface area contributed by atoms with Crippen LogP contribution in [0.5, 0.6) is 0 Å². The van der Waals surface area contributed by atoms with Crippen LogP contribution in [0.25, 0.3) is 17.0 Å². The van der Waals surface area contributed by atoms with E-state index >= 15 is 0 Å². The topological polar surface area (TPSA) is 79.1 Å². The molecule has 1 aliphatic heterocycles. The second-order valence-electron chi connectivity index (χ2n) is 8.75. The summed E-state index contributed by atoms with van der Waals surface area (Å²) < 4.78 is 17.6. The Morgan fingerprint density at radius 2 is 1.78 bits per heavy atom. The number of amides is 2. The summed E-state index contributed by atoms with van der Waals surface area (Å²) in [6.45, 7) is 3.79. The molecule has 0 atom stereocenters. The molecule has 3 heterocycles. The van der Waals surface area contributed by atoms with E-state index in [-0.39, 0.29) is 22.5 Å². The lowest BCUT2D eigenvalue weighted by molar-refractivity contribution is -0.577. The van der Waals surface area contributed by atoms with E-state index in [1.54, 1.807) is 48.8 Å². The van der Waals surface area contributed by atoms with Crippen LogP contribution in [0, 0.1) is 12.7 Å². The van der Waals surface area contributed by atoms with Crippen molar-refractivity contribution in [2.75, 3.05) is 4.90 Å². The number of hydrogen-bond donors (Lipinski definition) is 1. The van der Waals surface area contributed by atoms with Gasteiger partial charge in [0, 0.05) is 22.3 Å². The zero-order chi connectivity index (χ0) is 26.3. The molecule has 0 bridgehead atoms. The quantitative estimate of drug-likeness (QED) is 0.303. The van der Waals surface area contributed by atoms with Crippen molar-refractivity contribution in [2.24, 2.45) is 0 Å². The average Bonchev–Trinajstić information content (AvgIpc) is 3.32. The first kappa shape index (κ1) is 24.4. The van der Waals surface area contributed by atoms with Gasteiger partial charge >= 0.3 is 5.91 Å². The second-order valence-corrected chi connectivity index (χ2v) is 9.18. The molecule has 0 aliphatic carbocycles. The van der Waals surface area contributed by atoms with Gasteiger partial charge < -0.3 is 0 Å². The number of aryl methyl sites for hydroxylation is 2. The molecule has 9 heteroatoms. The van der Waals surface area contributed by atoms with E-state index in [0.717, 1.165) is 10.5 Å². The Kier molecular flexibility index (Phi) is 6.35. The summed E-state index contributed by atoms with van der Waals surface area (Å²) in [5.74, 6) is -2.22. The predicted octanol–water partition coefficient (Wildman–Crippen LogP) is 4.45. The number of nitrogens with one attached hydrogen (secondary N) is 1. The molecule has 2 aromatic heterocycles. The number of aromatic amines is 1. The normalized spacial score (nSPS) is 13.7. The number of nitrogens with zero attached hydrogens (tertiary/aromatic N) is 3. The van der Waals surface area contributed by atoms with Gasteiger partial charge in [-0.05, 0) is 49.7 Å². The lowest BCUT2D eigenvalue weighted by Crippen LogP contribution is -2.40. The Balaban J connectivity index is 1.81. The minimum Gasteiger partial charge on any atom is -0.294 e. The first-order valence-electron chi connectivity index (χ1n) is 11.8. The van der Waals surface area contributed by atoms with Crippen LogP contribution in [0.4, 0.5) is 10.1 Å². The number of carbonyl (C=O) groups excluding carboxylic acids is 2. The second kappa shape index (κ2) is 9.63. The van der Waals surface area contributed by atoms with Crippen molar-refractivity contribution in [3.8, 4) is 5.69 Å². The Morgan fingerprint density at radius 3 is 2.49 bits per heavy atom. The molecule has 0 spiro atoms. The Labute approximate surface area is 217 Å². The molecule has 1 N–H and O–H groups in total. The SMILES string of the molecule is CCCc1[nH]n(-c2cccc(Cl)c2)c(=O)c1C1=C([n+]2cccc(C)c2)C(=O)N(c2ccccc2F)C1=O. The maximum Gasteiger partial charge on any atom is 0.331 e. The Hall–Kier alpha value is -4.30. The third kappa shape index (κ3) is 4.19. The number of pyridine rings is 1. The van der Waals surface area contributed by atoms with Crippen molar-refractivity contribution in [3.05, 3.63) is 111 Å².